The van der Waals surface area contributed by atoms with Gasteiger partial charge in [-0.3, -0.25) is 4.79 Å². The Kier molecular flexibility index (Phi) is 5.24. The van der Waals surface area contributed by atoms with E-state index in [0.29, 0.717) is 26.4 Å². The van der Waals surface area contributed by atoms with Crippen LogP contribution in [0.4, 0.5) is 5.69 Å². The maximum absolute atomic E-state index is 12.1. The molecule has 5 heteroatoms. The van der Waals surface area contributed by atoms with E-state index >= 15 is 0 Å². The molecule has 3 rings (SSSR count). The molecular weight excluding hydrogens is 292 g/mol. The van der Waals surface area contributed by atoms with Crippen molar-refractivity contribution in [2.45, 2.75) is 12.6 Å². The number of nitrogens with one attached hydrogen (secondary N) is 2. The molecule has 23 heavy (non-hydrogen) atoms. The average Bonchev–Trinajstić information content (AvgIpc) is 2.63. The van der Waals surface area contributed by atoms with Crippen molar-refractivity contribution in [2.24, 2.45) is 0 Å². The third-order valence-corrected chi connectivity index (χ3v) is 3.61. The summed E-state index contributed by atoms with van der Waals surface area (Å²) in [7, 11) is 0. The lowest BCUT2D eigenvalue weighted by Gasteiger charge is -2.22. The Hall–Kier alpha value is -2.37. The van der Waals surface area contributed by atoms with Gasteiger partial charge in [0.25, 0.3) is 0 Å². The van der Waals surface area contributed by atoms with Crippen LogP contribution in [0.15, 0.2) is 54.6 Å². The van der Waals surface area contributed by atoms with Crippen LogP contribution >= 0.6 is 0 Å². The first-order valence-electron chi connectivity index (χ1n) is 7.70. The quantitative estimate of drug-likeness (QED) is 0.888. The molecule has 1 saturated heterocycles. The molecule has 0 aliphatic carbocycles. The van der Waals surface area contributed by atoms with Gasteiger partial charge in [0.2, 0.25) is 5.91 Å². The van der Waals surface area contributed by atoms with E-state index in [1.165, 1.54) is 0 Å². The Morgan fingerprint density at radius 2 is 1.96 bits per heavy atom. The molecule has 1 amide bonds. The summed E-state index contributed by atoms with van der Waals surface area (Å²) >= 11 is 0. The fraction of sp³-hybridized carbons (Fsp3) is 0.278. The molecule has 2 aromatic carbocycles. The fourth-order valence-electron chi connectivity index (χ4n) is 2.34. The Balaban J connectivity index is 1.51. The van der Waals surface area contributed by atoms with Crippen LogP contribution in [0.5, 0.6) is 5.75 Å². The predicted molar refractivity (Wildman–Crippen MR) is 88.5 cm³/mol. The number of hydrogen-bond acceptors (Lipinski definition) is 4. The van der Waals surface area contributed by atoms with E-state index < -0.39 is 0 Å². The van der Waals surface area contributed by atoms with Gasteiger partial charge in [-0.15, -0.1) is 0 Å². The summed E-state index contributed by atoms with van der Waals surface area (Å²) < 4.78 is 11.0. The van der Waals surface area contributed by atoms with Crippen LogP contribution in [0.2, 0.25) is 0 Å². The SMILES string of the molecule is O=C(Nc1ccc(OCc2ccccc2)cc1)C1COCCN1. The zero-order valence-corrected chi connectivity index (χ0v) is 12.8. The van der Waals surface area contributed by atoms with Crippen molar-refractivity contribution in [2.75, 3.05) is 25.1 Å². The summed E-state index contributed by atoms with van der Waals surface area (Å²) in [5.41, 5.74) is 1.86. The van der Waals surface area contributed by atoms with Crippen LogP contribution in [0, 0.1) is 0 Å². The second-order valence-corrected chi connectivity index (χ2v) is 5.37. The molecule has 2 aromatic rings. The number of ether oxygens (including phenoxy) is 2. The highest BCUT2D eigenvalue weighted by Gasteiger charge is 2.20. The van der Waals surface area contributed by atoms with Crippen molar-refractivity contribution in [3.8, 4) is 5.75 Å². The molecule has 1 fully saturated rings. The Bertz CT molecular complexity index is 622. The van der Waals surface area contributed by atoms with Crippen molar-refractivity contribution in [3.05, 3.63) is 60.2 Å². The minimum absolute atomic E-state index is 0.0809. The van der Waals surface area contributed by atoms with Crippen molar-refractivity contribution >= 4 is 11.6 Å². The van der Waals surface area contributed by atoms with E-state index in [1.54, 1.807) is 0 Å². The topological polar surface area (TPSA) is 59.6 Å². The normalized spacial score (nSPS) is 17.5. The highest BCUT2D eigenvalue weighted by molar-refractivity contribution is 5.95. The highest BCUT2D eigenvalue weighted by Crippen LogP contribution is 2.17. The number of benzene rings is 2. The average molecular weight is 312 g/mol. The predicted octanol–water partition coefficient (Wildman–Crippen LogP) is 2.19. The van der Waals surface area contributed by atoms with Crippen molar-refractivity contribution in [1.82, 2.24) is 5.32 Å². The van der Waals surface area contributed by atoms with Gasteiger partial charge in [-0.05, 0) is 29.8 Å². The zero-order valence-electron chi connectivity index (χ0n) is 12.8. The van der Waals surface area contributed by atoms with Gasteiger partial charge >= 0.3 is 0 Å². The Labute approximate surface area is 135 Å². The monoisotopic (exact) mass is 312 g/mol. The molecule has 1 aliphatic rings. The van der Waals surface area contributed by atoms with Gasteiger partial charge in [0, 0.05) is 12.2 Å². The van der Waals surface area contributed by atoms with Crippen molar-refractivity contribution in [1.29, 1.82) is 0 Å². The molecular formula is C18H20N2O3. The smallest absolute Gasteiger partial charge is 0.243 e. The second-order valence-electron chi connectivity index (χ2n) is 5.37. The van der Waals surface area contributed by atoms with Gasteiger partial charge in [0.05, 0.1) is 13.2 Å². The summed E-state index contributed by atoms with van der Waals surface area (Å²) in [6.45, 7) is 2.28. The van der Waals surface area contributed by atoms with E-state index in [-0.39, 0.29) is 11.9 Å². The third-order valence-electron chi connectivity index (χ3n) is 3.61. The standard InChI is InChI=1S/C18H20N2O3/c21-18(17-13-22-11-10-19-17)20-15-6-8-16(9-7-15)23-12-14-4-2-1-3-5-14/h1-9,17,19H,10-13H2,(H,20,21). The van der Waals surface area contributed by atoms with Gasteiger partial charge in [0.1, 0.15) is 18.4 Å². The molecule has 1 unspecified atom stereocenters. The number of anilines is 1. The molecule has 5 nitrogen and oxygen atoms in total. The van der Waals surface area contributed by atoms with E-state index in [9.17, 15) is 4.79 Å². The van der Waals surface area contributed by atoms with Crippen LogP contribution in [-0.4, -0.2) is 31.7 Å². The van der Waals surface area contributed by atoms with E-state index in [1.807, 2.05) is 54.6 Å². The van der Waals surface area contributed by atoms with Gasteiger partial charge < -0.3 is 20.1 Å². The molecule has 0 radical (unpaired) electrons. The zero-order chi connectivity index (χ0) is 15.9. The summed E-state index contributed by atoms with van der Waals surface area (Å²) in [5.74, 6) is 0.689. The maximum Gasteiger partial charge on any atom is 0.243 e. The molecule has 120 valence electrons. The molecule has 1 heterocycles. The lowest BCUT2D eigenvalue weighted by molar-refractivity contribution is -0.120. The van der Waals surface area contributed by atoms with Gasteiger partial charge in [-0.25, -0.2) is 0 Å². The minimum Gasteiger partial charge on any atom is -0.489 e. The number of morpholine rings is 1. The molecule has 1 atom stereocenters. The van der Waals surface area contributed by atoms with Crippen LogP contribution in [-0.2, 0) is 16.1 Å². The van der Waals surface area contributed by atoms with E-state index in [2.05, 4.69) is 10.6 Å². The van der Waals surface area contributed by atoms with Crippen molar-refractivity contribution < 1.29 is 14.3 Å². The van der Waals surface area contributed by atoms with Crippen LogP contribution < -0.4 is 15.4 Å². The number of amides is 1. The summed E-state index contributed by atoms with van der Waals surface area (Å²) in [6.07, 6.45) is 0. The molecule has 1 aliphatic heterocycles. The summed E-state index contributed by atoms with van der Waals surface area (Å²) in [5, 5.41) is 6.00. The lowest BCUT2D eigenvalue weighted by atomic mass is 10.2. The molecule has 0 aromatic heterocycles. The number of carbonyl (C=O) groups excluding carboxylic acids is 1. The van der Waals surface area contributed by atoms with E-state index in [0.717, 1.165) is 17.0 Å². The highest BCUT2D eigenvalue weighted by atomic mass is 16.5. The second kappa shape index (κ2) is 7.76. The molecule has 0 spiro atoms. The van der Waals surface area contributed by atoms with Gasteiger partial charge in [-0.1, -0.05) is 30.3 Å². The molecule has 0 saturated carbocycles. The Morgan fingerprint density at radius 1 is 1.17 bits per heavy atom. The van der Waals surface area contributed by atoms with Crippen LogP contribution in [0.25, 0.3) is 0 Å². The first kappa shape index (κ1) is 15.5. The van der Waals surface area contributed by atoms with Gasteiger partial charge in [0.15, 0.2) is 0 Å². The van der Waals surface area contributed by atoms with Crippen molar-refractivity contribution in [3.63, 3.8) is 0 Å². The van der Waals surface area contributed by atoms with E-state index in [4.69, 9.17) is 9.47 Å². The molecule has 2 N–H and O–H groups in total. The first-order valence-corrected chi connectivity index (χ1v) is 7.70. The Morgan fingerprint density at radius 3 is 2.65 bits per heavy atom. The lowest BCUT2D eigenvalue weighted by Crippen LogP contribution is -2.48. The number of rotatable bonds is 5. The third kappa shape index (κ3) is 4.55. The molecule has 0 bridgehead atoms. The van der Waals surface area contributed by atoms with Crippen LogP contribution in [0.1, 0.15) is 5.56 Å². The fourth-order valence-corrected chi connectivity index (χ4v) is 2.34. The summed E-state index contributed by atoms with van der Waals surface area (Å²) in [6, 6.07) is 17.1. The summed E-state index contributed by atoms with van der Waals surface area (Å²) in [4.78, 5) is 12.1. The number of carbonyl (C=O) groups is 1. The number of hydrogen-bond donors (Lipinski definition) is 2. The van der Waals surface area contributed by atoms with Gasteiger partial charge in [-0.2, -0.15) is 0 Å². The minimum atomic E-state index is -0.294. The van der Waals surface area contributed by atoms with Crippen LogP contribution in [0.3, 0.4) is 0 Å². The maximum atomic E-state index is 12.1. The largest absolute Gasteiger partial charge is 0.489 e. The first-order chi connectivity index (χ1) is 11.3.